The fraction of sp³-hybridized carbons (Fsp3) is 0.346. The monoisotopic (exact) mass is 454 g/mol. The number of likely N-dealkylation sites (N-methyl/N-ethyl adjacent to an activating group) is 1. The molecule has 1 aliphatic carbocycles. The molecule has 4 heterocycles. The van der Waals surface area contributed by atoms with E-state index in [0.717, 1.165) is 55.3 Å². The Bertz CT molecular complexity index is 1300. The Morgan fingerprint density at radius 1 is 1.00 bits per heavy atom. The van der Waals surface area contributed by atoms with Gasteiger partial charge in [0.15, 0.2) is 5.65 Å². The highest BCUT2D eigenvalue weighted by Crippen LogP contribution is 2.43. The molecule has 174 valence electrons. The van der Waals surface area contributed by atoms with Crippen LogP contribution in [0.1, 0.15) is 31.4 Å². The summed E-state index contributed by atoms with van der Waals surface area (Å²) in [4.78, 5) is 19.0. The minimum atomic E-state index is 0.504. The third-order valence-electron chi connectivity index (χ3n) is 6.86. The van der Waals surface area contributed by atoms with Crippen LogP contribution in [-0.2, 0) is 0 Å². The van der Waals surface area contributed by atoms with Crippen LogP contribution >= 0.6 is 0 Å². The molecule has 1 saturated carbocycles. The van der Waals surface area contributed by atoms with Gasteiger partial charge in [-0.25, -0.2) is 9.97 Å². The quantitative estimate of drug-likeness (QED) is 0.452. The number of anilines is 4. The van der Waals surface area contributed by atoms with Gasteiger partial charge in [0.05, 0.1) is 0 Å². The Morgan fingerprint density at radius 2 is 1.79 bits per heavy atom. The van der Waals surface area contributed by atoms with E-state index < -0.39 is 0 Å². The lowest BCUT2D eigenvalue weighted by atomic mass is 10.2. The highest BCUT2D eigenvalue weighted by molar-refractivity contribution is 5.80. The Labute approximate surface area is 199 Å². The van der Waals surface area contributed by atoms with Gasteiger partial charge in [-0.05, 0) is 67.8 Å². The molecular formula is C26H30N8. The second kappa shape index (κ2) is 8.61. The summed E-state index contributed by atoms with van der Waals surface area (Å²) in [5.41, 5.74) is 10.3. The summed E-state index contributed by atoms with van der Waals surface area (Å²) in [6.45, 7) is 7.73. The first-order valence-electron chi connectivity index (χ1n) is 12.1. The lowest BCUT2D eigenvalue weighted by Gasteiger charge is -2.35. The molecule has 3 N–H and O–H groups in total. The van der Waals surface area contributed by atoms with Gasteiger partial charge in [-0.2, -0.15) is 4.98 Å². The van der Waals surface area contributed by atoms with Crippen molar-refractivity contribution in [2.24, 2.45) is 0 Å². The number of nitrogen functional groups attached to an aromatic ring is 1. The van der Waals surface area contributed by atoms with Crippen molar-refractivity contribution in [2.75, 3.05) is 48.7 Å². The molecular weight excluding hydrogens is 424 g/mol. The highest BCUT2D eigenvalue weighted by Gasteiger charge is 2.29. The van der Waals surface area contributed by atoms with Crippen LogP contribution in [0.4, 0.5) is 23.1 Å². The van der Waals surface area contributed by atoms with E-state index in [1.54, 1.807) is 6.07 Å². The largest absolute Gasteiger partial charge is 0.384 e. The van der Waals surface area contributed by atoms with Crippen LogP contribution in [0.15, 0.2) is 54.7 Å². The summed E-state index contributed by atoms with van der Waals surface area (Å²) in [5, 5.41) is 4.39. The van der Waals surface area contributed by atoms with Crippen LogP contribution in [0, 0.1) is 0 Å². The van der Waals surface area contributed by atoms with Crippen LogP contribution in [0.5, 0.6) is 0 Å². The van der Waals surface area contributed by atoms with E-state index in [0.29, 0.717) is 17.7 Å². The Morgan fingerprint density at radius 3 is 2.50 bits per heavy atom. The number of fused-ring (bicyclic) bond motifs is 1. The molecule has 0 amide bonds. The van der Waals surface area contributed by atoms with E-state index >= 15 is 0 Å². The molecule has 3 aromatic heterocycles. The molecule has 4 aromatic rings. The van der Waals surface area contributed by atoms with Crippen molar-refractivity contribution in [3.05, 3.63) is 60.4 Å². The Kier molecular flexibility index (Phi) is 5.30. The summed E-state index contributed by atoms with van der Waals surface area (Å²) in [6, 6.07) is 16.5. The fourth-order valence-corrected chi connectivity index (χ4v) is 4.76. The first kappa shape index (κ1) is 20.9. The number of aromatic nitrogens is 4. The van der Waals surface area contributed by atoms with Gasteiger partial charge in [0.25, 0.3) is 0 Å². The minimum Gasteiger partial charge on any atom is -0.384 e. The average Bonchev–Trinajstić information content (AvgIpc) is 3.65. The molecule has 1 saturated heterocycles. The van der Waals surface area contributed by atoms with Crippen molar-refractivity contribution in [3.8, 4) is 5.82 Å². The number of rotatable bonds is 6. The average molecular weight is 455 g/mol. The SMILES string of the molecule is CCN1CCN(c2ccc(Nc3ncc4cc(C5CC5)n(-c5cccc(N)n5)c4n3)cc2)CC1. The molecule has 1 aromatic carbocycles. The first-order valence-corrected chi connectivity index (χ1v) is 12.1. The maximum atomic E-state index is 5.99. The molecule has 2 fully saturated rings. The second-order valence-corrected chi connectivity index (χ2v) is 9.17. The molecule has 8 heteroatoms. The van der Waals surface area contributed by atoms with E-state index in [1.165, 1.54) is 24.2 Å². The number of nitrogens with zero attached hydrogens (tertiary/aromatic N) is 6. The van der Waals surface area contributed by atoms with Gasteiger partial charge in [0.2, 0.25) is 5.95 Å². The summed E-state index contributed by atoms with van der Waals surface area (Å²) >= 11 is 0. The number of hydrogen-bond donors (Lipinski definition) is 2. The first-order chi connectivity index (χ1) is 16.7. The molecule has 2 aliphatic rings. The van der Waals surface area contributed by atoms with Crippen molar-refractivity contribution in [1.29, 1.82) is 0 Å². The lowest BCUT2D eigenvalue weighted by molar-refractivity contribution is 0.271. The van der Waals surface area contributed by atoms with Crippen molar-refractivity contribution in [3.63, 3.8) is 0 Å². The molecule has 6 rings (SSSR count). The van der Waals surface area contributed by atoms with Gasteiger partial charge in [-0.1, -0.05) is 13.0 Å². The molecule has 34 heavy (non-hydrogen) atoms. The predicted molar refractivity (Wildman–Crippen MR) is 137 cm³/mol. The molecule has 8 nitrogen and oxygen atoms in total. The fourth-order valence-electron chi connectivity index (χ4n) is 4.76. The zero-order chi connectivity index (χ0) is 23.1. The second-order valence-electron chi connectivity index (χ2n) is 9.17. The van der Waals surface area contributed by atoms with E-state index in [4.69, 9.17) is 10.7 Å². The van der Waals surface area contributed by atoms with Gasteiger partial charge in [0.1, 0.15) is 11.6 Å². The highest BCUT2D eigenvalue weighted by atomic mass is 15.3. The third-order valence-corrected chi connectivity index (χ3v) is 6.86. The maximum Gasteiger partial charge on any atom is 0.229 e. The number of nitrogens with one attached hydrogen (secondary N) is 1. The number of nitrogens with two attached hydrogens (primary N) is 1. The van der Waals surface area contributed by atoms with E-state index in [2.05, 4.69) is 66.9 Å². The summed E-state index contributed by atoms with van der Waals surface area (Å²) in [6.07, 6.45) is 4.27. The van der Waals surface area contributed by atoms with E-state index in [-0.39, 0.29) is 0 Å². The molecule has 0 atom stereocenters. The van der Waals surface area contributed by atoms with Crippen molar-refractivity contribution < 1.29 is 0 Å². The van der Waals surface area contributed by atoms with Crippen LogP contribution in [-0.4, -0.2) is 57.1 Å². The summed E-state index contributed by atoms with van der Waals surface area (Å²) in [5.74, 6) is 2.42. The molecule has 0 spiro atoms. The van der Waals surface area contributed by atoms with Crippen molar-refractivity contribution in [2.45, 2.75) is 25.7 Å². The van der Waals surface area contributed by atoms with Gasteiger partial charge in [-0.15, -0.1) is 0 Å². The van der Waals surface area contributed by atoms with Gasteiger partial charge < -0.3 is 20.9 Å². The van der Waals surface area contributed by atoms with E-state index in [9.17, 15) is 0 Å². The summed E-state index contributed by atoms with van der Waals surface area (Å²) < 4.78 is 2.13. The smallest absolute Gasteiger partial charge is 0.229 e. The molecule has 0 unspecified atom stereocenters. The zero-order valence-electron chi connectivity index (χ0n) is 19.5. The van der Waals surface area contributed by atoms with Crippen LogP contribution in [0.2, 0.25) is 0 Å². The standard InChI is InChI=1S/C26H30N8/c1-2-32-12-14-33(15-13-32)21-10-8-20(9-11-21)29-26-28-17-19-16-22(18-6-7-18)34(25(19)31-26)24-5-3-4-23(27)30-24/h3-5,8-11,16-18H,2,6-7,12-15H2,1H3,(H2,27,30)(H,28,29,31). The van der Waals surface area contributed by atoms with Crippen molar-refractivity contribution in [1.82, 2.24) is 24.4 Å². The normalized spacial score (nSPS) is 16.8. The number of hydrogen-bond acceptors (Lipinski definition) is 7. The van der Waals surface area contributed by atoms with Crippen LogP contribution in [0.25, 0.3) is 16.9 Å². The van der Waals surface area contributed by atoms with Crippen LogP contribution < -0.4 is 16.0 Å². The van der Waals surface area contributed by atoms with E-state index in [1.807, 2.05) is 18.3 Å². The maximum absolute atomic E-state index is 5.99. The topological polar surface area (TPSA) is 88.1 Å². The predicted octanol–water partition coefficient (Wildman–Crippen LogP) is 4.16. The lowest BCUT2D eigenvalue weighted by Crippen LogP contribution is -2.46. The third kappa shape index (κ3) is 4.05. The Balaban J connectivity index is 1.27. The van der Waals surface area contributed by atoms with Gasteiger partial charge in [-0.3, -0.25) is 4.57 Å². The zero-order valence-corrected chi connectivity index (χ0v) is 19.5. The number of pyridine rings is 1. The van der Waals surface area contributed by atoms with Crippen molar-refractivity contribution >= 4 is 34.2 Å². The Hall–Kier alpha value is -3.65. The molecule has 0 bridgehead atoms. The molecule has 1 aliphatic heterocycles. The summed E-state index contributed by atoms with van der Waals surface area (Å²) in [7, 11) is 0. The minimum absolute atomic E-state index is 0.504. The molecule has 0 radical (unpaired) electrons. The van der Waals surface area contributed by atoms with Crippen LogP contribution in [0.3, 0.4) is 0 Å². The number of piperazine rings is 1. The van der Waals surface area contributed by atoms with Gasteiger partial charge >= 0.3 is 0 Å². The number of benzene rings is 1. The van der Waals surface area contributed by atoms with Gasteiger partial charge in [0, 0.05) is 54.8 Å².